The second-order valence-electron chi connectivity index (χ2n) is 4.19. The molecule has 1 aromatic rings. The molecule has 5 nitrogen and oxygen atoms in total. The van der Waals surface area contributed by atoms with Crippen molar-refractivity contribution in [2.24, 2.45) is 0 Å². The zero-order valence-electron chi connectivity index (χ0n) is 10.3. The minimum atomic E-state index is 0.352. The topological polar surface area (TPSA) is 73.1 Å². The zero-order valence-corrected chi connectivity index (χ0v) is 10.3. The molecule has 0 fully saturated rings. The Kier molecular flexibility index (Phi) is 4.14. The third-order valence-corrected chi connectivity index (χ3v) is 2.94. The van der Waals surface area contributed by atoms with Crippen molar-refractivity contribution >= 4 is 11.8 Å². The maximum absolute atomic E-state index is 5.73. The molecule has 0 saturated heterocycles. The van der Waals surface area contributed by atoms with Crippen LogP contribution in [0.1, 0.15) is 31.0 Å². The van der Waals surface area contributed by atoms with Crippen molar-refractivity contribution in [2.45, 2.75) is 32.6 Å². The normalized spacial score (nSPS) is 14.9. The maximum atomic E-state index is 5.73. The number of nitrogen functional groups attached to an aromatic ring is 1. The standard InChI is InChI=1S/C12H20N4O/c1-2-17-8-6-10-9-5-3-4-7-14-11(9)16-12(13)15-10/h2-8H2,1H3,(H3,13,14,15,16). The van der Waals surface area contributed by atoms with E-state index in [9.17, 15) is 0 Å². The van der Waals surface area contributed by atoms with Crippen LogP contribution in [0.3, 0.4) is 0 Å². The SMILES string of the molecule is CCOCCc1nc(N)nc2c1CCCCN2. The molecule has 94 valence electrons. The van der Waals surface area contributed by atoms with Crippen LogP contribution in [0.2, 0.25) is 0 Å². The summed E-state index contributed by atoms with van der Waals surface area (Å²) in [6.07, 6.45) is 4.19. The molecule has 1 aromatic heterocycles. The average Bonchev–Trinajstić information content (AvgIpc) is 2.54. The molecule has 1 aliphatic rings. The minimum absolute atomic E-state index is 0.352. The number of nitrogens with two attached hydrogens (primary N) is 1. The van der Waals surface area contributed by atoms with Crippen molar-refractivity contribution in [1.29, 1.82) is 0 Å². The van der Waals surface area contributed by atoms with E-state index in [1.54, 1.807) is 0 Å². The summed E-state index contributed by atoms with van der Waals surface area (Å²) in [4.78, 5) is 8.62. The van der Waals surface area contributed by atoms with Crippen LogP contribution in [-0.4, -0.2) is 29.7 Å². The van der Waals surface area contributed by atoms with E-state index < -0.39 is 0 Å². The fourth-order valence-electron chi connectivity index (χ4n) is 2.11. The van der Waals surface area contributed by atoms with E-state index in [-0.39, 0.29) is 0 Å². The Hall–Kier alpha value is -1.36. The van der Waals surface area contributed by atoms with Crippen molar-refractivity contribution in [2.75, 3.05) is 30.8 Å². The molecule has 0 saturated carbocycles. The van der Waals surface area contributed by atoms with E-state index >= 15 is 0 Å². The van der Waals surface area contributed by atoms with Gasteiger partial charge in [0.2, 0.25) is 5.95 Å². The predicted octanol–water partition coefficient (Wildman–Crippen LogP) is 1.39. The summed E-state index contributed by atoms with van der Waals surface area (Å²) >= 11 is 0. The molecule has 3 N–H and O–H groups in total. The largest absolute Gasteiger partial charge is 0.381 e. The third kappa shape index (κ3) is 3.06. The monoisotopic (exact) mass is 236 g/mol. The molecule has 0 atom stereocenters. The van der Waals surface area contributed by atoms with Crippen molar-refractivity contribution in [1.82, 2.24) is 9.97 Å². The van der Waals surface area contributed by atoms with Crippen LogP contribution >= 0.6 is 0 Å². The molecular formula is C12H20N4O. The Balaban J connectivity index is 2.20. The van der Waals surface area contributed by atoms with Gasteiger partial charge in [0, 0.05) is 25.1 Å². The molecule has 2 heterocycles. The molecule has 2 rings (SSSR count). The highest BCUT2D eigenvalue weighted by atomic mass is 16.5. The summed E-state index contributed by atoms with van der Waals surface area (Å²) in [5, 5.41) is 3.32. The summed E-state index contributed by atoms with van der Waals surface area (Å²) in [6, 6.07) is 0. The van der Waals surface area contributed by atoms with Crippen LogP contribution in [-0.2, 0) is 17.6 Å². The Morgan fingerprint density at radius 2 is 2.24 bits per heavy atom. The van der Waals surface area contributed by atoms with Gasteiger partial charge in [0.25, 0.3) is 0 Å². The molecular weight excluding hydrogens is 216 g/mol. The zero-order chi connectivity index (χ0) is 12.1. The highest BCUT2D eigenvalue weighted by molar-refractivity contribution is 5.50. The molecule has 5 heteroatoms. The Labute approximate surface area is 102 Å². The van der Waals surface area contributed by atoms with Gasteiger partial charge in [0.1, 0.15) is 5.82 Å². The highest BCUT2D eigenvalue weighted by Crippen LogP contribution is 2.23. The van der Waals surface area contributed by atoms with Crippen LogP contribution in [0.4, 0.5) is 11.8 Å². The first-order valence-electron chi connectivity index (χ1n) is 6.28. The van der Waals surface area contributed by atoms with Crippen molar-refractivity contribution in [3.05, 3.63) is 11.3 Å². The van der Waals surface area contributed by atoms with Crippen LogP contribution in [0.25, 0.3) is 0 Å². The summed E-state index contributed by atoms with van der Waals surface area (Å²) in [5.41, 5.74) is 7.99. The van der Waals surface area contributed by atoms with Crippen molar-refractivity contribution < 1.29 is 4.74 Å². The molecule has 1 aliphatic heterocycles. The quantitative estimate of drug-likeness (QED) is 0.773. The fraction of sp³-hybridized carbons (Fsp3) is 0.667. The lowest BCUT2D eigenvalue weighted by Gasteiger charge is -2.12. The number of rotatable bonds is 4. The Bertz CT molecular complexity index is 381. The van der Waals surface area contributed by atoms with Gasteiger partial charge in [-0.1, -0.05) is 0 Å². The predicted molar refractivity (Wildman–Crippen MR) is 68.1 cm³/mol. The third-order valence-electron chi connectivity index (χ3n) is 2.94. The van der Waals surface area contributed by atoms with Crippen LogP contribution in [0, 0.1) is 0 Å². The van der Waals surface area contributed by atoms with E-state index in [1.165, 1.54) is 18.4 Å². The van der Waals surface area contributed by atoms with Gasteiger partial charge < -0.3 is 15.8 Å². The second kappa shape index (κ2) is 5.82. The number of hydrogen-bond acceptors (Lipinski definition) is 5. The number of nitrogens with zero attached hydrogens (tertiary/aromatic N) is 2. The molecule has 17 heavy (non-hydrogen) atoms. The van der Waals surface area contributed by atoms with Gasteiger partial charge in [0.15, 0.2) is 0 Å². The van der Waals surface area contributed by atoms with Crippen LogP contribution in [0.15, 0.2) is 0 Å². The summed E-state index contributed by atoms with van der Waals surface area (Å²) in [5.74, 6) is 1.27. The van der Waals surface area contributed by atoms with E-state index in [2.05, 4.69) is 15.3 Å². The van der Waals surface area contributed by atoms with E-state index in [1.807, 2.05) is 6.92 Å². The Morgan fingerprint density at radius 1 is 1.35 bits per heavy atom. The van der Waals surface area contributed by atoms with Gasteiger partial charge in [-0.3, -0.25) is 0 Å². The van der Waals surface area contributed by atoms with Gasteiger partial charge in [-0.2, -0.15) is 4.98 Å². The molecule has 0 radical (unpaired) electrons. The first-order chi connectivity index (χ1) is 8.31. The first kappa shape index (κ1) is 12.1. The summed E-state index contributed by atoms with van der Waals surface area (Å²) in [6.45, 7) is 4.39. The van der Waals surface area contributed by atoms with Crippen molar-refractivity contribution in [3.8, 4) is 0 Å². The van der Waals surface area contributed by atoms with Gasteiger partial charge in [-0.25, -0.2) is 4.98 Å². The minimum Gasteiger partial charge on any atom is -0.381 e. The molecule has 0 spiro atoms. The molecule has 0 unspecified atom stereocenters. The van der Waals surface area contributed by atoms with E-state index in [0.29, 0.717) is 12.6 Å². The van der Waals surface area contributed by atoms with Gasteiger partial charge in [0.05, 0.1) is 12.3 Å². The van der Waals surface area contributed by atoms with Crippen molar-refractivity contribution in [3.63, 3.8) is 0 Å². The number of hydrogen-bond donors (Lipinski definition) is 2. The first-order valence-corrected chi connectivity index (χ1v) is 6.28. The molecule has 0 aliphatic carbocycles. The lowest BCUT2D eigenvalue weighted by atomic mass is 10.1. The van der Waals surface area contributed by atoms with Crippen LogP contribution in [0.5, 0.6) is 0 Å². The van der Waals surface area contributed by atoms with Crippen LogP contribution < -0.4 is 11.1 Å². The maximum Gasteiger partial charge on any atom is 0.222 e. The number of anilines is 2. The number of ether oxygens (including phenoxy) is 1. The van der Waals surface area contributed by atoms with Gasteiger partial charge >= 0.3 is 0 Å². The summed E-state index contributed by atoms with van der Waals surface area (Å²) in [7, 11) is 0. The fourth-order valence-corrected chi connectivity index (χ4v) is 2.11. The average molecular weight is 236 g/mol. The Morgan fingerprint density at radius 3 is 3.06 bits per heavy atom. The lowest BCUT2D eigenvalue weighted by molar-refractivity contribution is 0.150. The summed E-state index contributed by atoms with van der Waals surface area (Å²) < 4.78 is 5.38. The number of fused-ring (bicyclic) bond motifs is 1. The number of nitrogens with one attached hydrogen (secondary N) is 1. The number of aromatic nitrogens is 2. The smallest absolute Gasteiger partial charge is 0.222 e. The molecule has 0 bridgehead atoms. The van der Waals surface area contributed by atoms with E-state index in [4.69, 9.17) is 10.5 Å². The lowest BCUT2D eigenvalue weighted by Crippen LogP contribution is -2.11. The van der Waals surface area contributed by atoms with E-state index in [0.717, 1.165) is 37.5 Å². The van der Waals surface area contributed by atoms with Gasteiger partial charge in [-0.05, 0) is 26.2 Å². The van der Waals surface area contributed by atoms with Gasteiger partial charge in [-0.15, -0.1) is 0 Å². The second-order valence-corrected chi connectivity index (χ2v) is 4.19. The molecule has 0 amide bonds. The highest BCUT2D eigenvalue weighted by Gasteiger charge is 2.15. The molecule has 0 aromatic carbocycles.